The second kappa shape index (κ2) is 6.31. The number of benzene rings is 2. The molecule has 3 heteroatoms. The second-order valence-electron chi connectivity index (χ2n) is 4.78. The largest absolute Gasteiger partial charge is 0.324 e. The van der Waals surface area contributed by atoms with Gasteiger partial charge in [0.25, 0.3) is 0 Å². The Morgan fingerprint density at radius 1 is 1.21 bits per heavy atom. The molecule has 0 amide bonds. The number of halogens is 2. The molecule has 0 aliphatic carbocycles. The van der Waals surface area contributed by atoms with Gasteiger partial charge in [0.15, 0.2) is 0 Å². The van der Waals surface area contributed by atoms with Crippen LogP contribution in [0.2, 0.25) is 0 Å². The number of hydrogen-bond acceptors (Lipinski definition) is 1. The van der Waals surface area contributed by atoms with Crippen molar-refractivity contribution in [3.8, 4) is 0 Å². The molecule has 0 bridgehead atoms. The van der Waals surface area contributed by atoms with E-state index in [4.69, 9.17) is 5.73 Å². The summed E-state index contributed by atoms with van der Waals surface area (Å²) in [7, 11) is 0. The van der Waals surface area contributed by atoms with Crippen molar-refractivity contribution in [2.75, 3.05) is 0 Å². The molecule has 2 aromatic rings. The van der Waals surface area contributed by atoms with Gasteiger partial charge in [-0.05, 0) is 47.3 Å². The van der Waals surface area contributed by atoms with Crippen molar-refractivity contribution in [2.45, 2.75) is 25.8 Å². The van der Waals surface area contributed by atoms with Gasteiger partial charge in [-0.2, -0.15) is 0 Å². The van der Waals surface area contributed by atoms with Gasteiger partial charge in [0.05, 0.1) is 4.47 Å². The normalized spacial score (nSPS) is 12.4. The minimum Gasteiger partial charge on any atom is -0.324 e. The molecule has 0 spiro atoms. The molecule has 100 valence electrons. The van der Waals surface area contributed by atoms with E-state index < -0.39 is 0 Å². The first-order valence-electron chi connectivity index (χ1n) is 6.33. The molecule has 1 nitrogen and oxygen atoms in total. The van der Waals surface area contributed by atoms with Crippen molar-refractivity contribution in [3.63, 3.8) is 0 Å². The fourth-order valence-corrected chi connectivity index (χ4v) is 2.53. The zero-order valence-electron chi connectivity index (χ0n) is 10.9. The van der Waals surface area contributed by atoms with Gasteiger partial charge in [-0.25, -0.2) is 4.39 Å². The van der Waals surface area contributed by atoms with Crippen LogP contribution >= 0.6 is 15.9 Å². The lowest BCUT2D eigenvalue weighted by molar-refractivity contribution is 0.559. The molecule has 0 aliphatic rings. The van der Waals surface area contributed by atoms with Crippen LogP contribution in [0.5, 0.6) is 0 Å². The molecule has 1 atom stereocenters. The molecule has 19 heavy (non-hydrogen) atoms. The lowest BCUT2D eigenvalue weighted by Gasteiger charge is -2.14. The molecule has 0 saturated heterocycles. The molecule has 0 fully saturated rings. The lowest BCUT2D eigenvalue weighted by atomic mass is 9.98. The zero-order chi connectivity index (χ0) is 13.8. The highest BCUT2D eigenvalue weighted by Crippen LogP contribution is 2.25. The Bertz CT molecular complexity index is 568. The van der Waals surface area contributed by atoms with E-state index in [1.54, 1.807) is 12.1 Å². The van der Waals surface area contributed by atoms with E-state index in [0.717, 1.165) is 12.8 Å². The van der Waals surface area contributed by atoms with Crippen molar-refractivity contribution in [1.29, 1.82) is 0 Å². The summed E-state index contributed by atoms with van der Waals surface area (Å²) in [6.07, 6.45) is 1.59. The summed E-state index contributed by atoms with van der Waals surface area (Å²) in [6, 6.07) is 13.3. The monoisotopic (exact) mass is 321 g/mol. The molecule has 0 radical (unpaired) electrons. The van der Waals surface area contributed by atoms with E-state index in [0.29, 0.717) is 10.0 Å². The van der Waals surface area contributed by atoms with Gasteiger partial charge in [-0.3, -0.25) is 0 Å². The van der Waals surface area contributed by atoms with E-state index in [2.05, 4.69) is 41.1 Å². The Morgan fingerprint density at radius 2 is 1.95 bits per heavy atom. The van der Waals surface area contributed by atoms with Gasteiger partial charge in [-0.15, -0.1) is 0 Å². The van der Waals surface area contributed by atoms with Gasteiger partial charge in [-0.1, -0.05) is 42.0 Å². The molecule has 2 aromatic carbocycles. The highest BCUT2D eigenvalue weighted by molar-refractivity contribution is 9.10. The summed E-state index contributed by atoms with van der Waals surface area (Å²) in [5.74, 6) is -0.251. The van der Waals surface area contributed by atoms with Gasteiger partial charge in [0, 0.05) is 11.6 Å². The summed E-state index contributed by atoms with van der Waals surface area (Å²) < 4.78 is 14.4. The van der Waals surface area contributed by atoms with Crippen molar-refractivity contribution in [2.24, 2.45) is 5.73 Å². The number of hydrogen-bond donors (Lipinski definition) is 1. The van der Waals surface area contributed by atoms with E-state index >= 15 is 0 Å². The molecule has 0 heterocycles. The predicted octanol–water partition coefficient (Wildman–Crippen LogP) is 4.53. The van der Waals surface area contributed by atoms with Crippen LogP contribution in [0.25, 0.3) is 0 Å². The van der Waals surface area contributed by atoms with E-state index in [9.17, 15) is 4.39 Å². The van der Waals surface area contributed by atoms with Gasteiger partial charge in [0.1, 0.15) is 5.82 Å². The summed E-state index contributed by atoms with van der Waals surface area (Å²) in [5.41, 5.74) is 9.14. The number of aryl methyl sites for hydroxylation is 2. The molecule has 2 rings (SSSR count). The Kier molecular flexibility index (Phi) is 4.72. The third-order valence-electron chi connectivity index (χ3n) is 3.21. The predicted molar refractivity (Wildman–Crippen MR) is 80.5 cm³/mol. The van der Waals surface area contributed by atoms with E-state index in [1.807, 2.05) is 12.1 Å². The van der Waals surface area contributed by atoms with E-state index in [1.165, 1.54) is 11.1 Å². The summed E-state index contributed by atoms with van der Waals surface area (Å²) in [6.45, 7) is 2.07. The van der Waals surface area contributed by atoms with Crippen LogP contribution in [0.3, 0.4) is 0 Å². The summed E-state index contributed by atoms with van der Waals surface area (Å²) >= 11 is 3.19. The first-order chi connectivity index (χ1) is 9.08. The Balaban J connectivity index is 2.05. The van der Waals surface area contributed by atoms with Gasteiger partial charge < -0.3 is 5.73 Å². The number of nitrogens with two attached hydrogens (primary N) is 1. The van der Waals surface area contributed by atoms with Crippen molar-refractivity contribution in [3.05, 3.63) is 69.4 Å². The van der Waals surface area contributed by atoms with Crippen LogP contribution in [-0.4, -0.2) is 0 Å². The first kappa shape index (κ1) is 14.2. The maximum Gasteiger partial charge on any atom is 0.142 e. The summed E-state index contributed by atoms with van der Waals surface area (Å²) in [4.78, 5) is 0. The topological polar surface area (TPSA) is 26.0 Å². The van der Waals surface area contributed by atoms with Crippen LogP contribution in [0.15, 0.2) is 46.9 Å². The zero-order valence-corrected chi connectivity index (χ0v) is 12.5. The van der Waals surface area contributed by atoms with Crippen LogP contribution in [0.4, 0.5) is 4.39 Å². The molecule has 2 N–H and O–H groups in total. The van der Waals surface area contributed by atoms with Crippen LogP contribution in [-0.2, 0) is 6.42 Å². The van der Waals surface area contributed by atoms with Crippen molar-refractivity contribution in [1.82, 2.24) is 0 Å². The van der Waals surface area contributed by atoms with E-state index in [-0.39, 0.29) is 11.9 Å². The molecule has 0 aliphatic heterocycles. The highest BCUT2D eigenvalue weighted by atomic mass is 79.9. The molecular formula is C16H17BrFN. The Labute approximate surface area is 121 Å². The van der Waals surface area contributed by atoms with Crippen LogP contribution in [0.1, 0.15) is 29.2 Å². The molecule has 0 saturated carbocycles. The molecule has 1 unspecified atom stereocenters. The molecular weight excluding hydrogens is 305 g/mol. The third-order valence-corrected chi connectivity index (χ3v) is 3.82. The minimum atomic E-state index is -0.280. The minimum absolute atomic E-state index is 0.251. The van der Waals surface area contributed by atoms with Gasteiger partial charge >= 0.3 is 0 Å². The first-order valence-corrected chi connectivity index (χ1v) is 7.12. The van der Waals surface area contributed by atoms with Crippen LogP contribution < -0.4 is 5.73 Å². The van der Waals surface area contributed by atoms with Crippen molar-refractivity contribution >= 4 is 15.9 Å². The maximum atomic E-state index is 13.9. The lowest BCUT2D eigenvalue weighted by Crippen LogP contribution is -2.13. The highest BCUT2D eigenvalue weighted by Gasteiger charge is 2.13. The van der Waals surface area contributed by atoms with Crippen LogP contribution in [0, 0.1) is 12.7 Å². The quantitative estimate of drug-likeness (QED) is 0.879. The third kappa shape index (κ3) is 3.64. The fourth-order valence-electron chi connectivity index (χ4n) is 2.15. The smallest absolute Gasteiger partial charge is 0.142 e. The SMILES string of the molecule is Cc1cccc(CCC(N)c2cccc(Br)c2F)c1. The van der Waals surface area contributed by atoms with Gasteiger partial charge in [0.2, 0.25) is 0 Å². The fraction of sp³-hybridized carbons (Fsp3) is 0.250. The standard InChI is InChI=1S/C16H17BrFN/c1-11-4-2-5-12(10-11)8-9-15(19)13-6-3-7-14(17)16(13)18/h2-7,10,15H,8-9,19H2,1H3. The Morgan fingerprint density at radius 3 is 2.68 bits per heavy atom. The second-order valence-corrected chi connectivity index (χ2v) is 5.63. The Hall–Kier alpha value is -1.19. The summed E-state index contributed by atoms with van der Waals surface area (Å²) in [5, 5.41) is 0. The average molecular weight is 322 g/mol. The average Bonchev–Trinajstić information content (AvgIpc) is 2.39. The number of rotatable bonds is 4. The molecule has 0 aromatic heterocycles. The maximum absolute atomic E-state index is 13.9. The van der Waals surface area contributed by atoms with Crippen molar-refractivity contribution < 1.29 is 4.39 Å².